The largest absolute Gasteiger partial charge is 0.296 e. The molecular weight excluding hydrogens is 208 g/mol. The van der Waals surface area contributed by atoms with Crippen LogP contribution in [0.3, 0.4) is 0 Å². The van der Waals surface area contributed by atoms with Crippen molar-refractivity contribution in [3.8, 4) is 0 Å². The fraction of sp³-hybridized carbons (Fsp3) is 0.636. The zero-order valence-corrected chi connectivity index (χ0v) is 10.0. The third kappa shape index (κ3) is 2.09. The van der Waals surface area contributed by atoms with Crippen molar-refractivity contribution in [1.29, 1.82) is 0 Å². The molecule has 1 aromatic heterocycles. The number of aryl methyl sites for hydroxylation is 1. The van der Waals surface area contributed by atoms with Crippen LogP contribution >= 0.6 is 11.8 Å². The Morgan fingerprint density at radius 3 is 3.07 bits per heavy atom. The summed E-state index contributed by atoms with van der Waals surface area (Å²) in [5.74, 6) is 2.60. The van der Waals surface area contributed by atoms with E-state index in [0.29, 0.717) is 5.92 Å². The summed E-state index contributed by atoms with van der Waals surface area (Å²) < 4.78 is 1.88. The fourth-order valence-corrected chi connectivity index (χ4v) is 2.88. The predicted molar refractivity (Wildman–Crippen MR) is 62.3 cm³/mol. The Kier molecular flexibility index (Phi) is 3.14. The first-order valence-electron chi connectivity index (χ1n) is 5.34. The number of hydrogen-bond donors (Lipinski definition) is 0. The SMILES string of the molecule is CC(C)Cn1nc2c(c1C=O)CSCC2. The van der Waals surface area contributed by atoms with Gasteiger partial charge >= 0.3 is 0 Å². The molecule has 0 atom stereocenters. The van der Waals surface area contributed by atoms with Crippen molar-refractivity contribution in [2.45, 2.75) is 32.6 Å². The number of aldehydes is 1. The van der Waals surface area contributed by atoms with Crippen LogP contribution in [0.25, 0.3) is 0 Å². The Bertz CT molecular complexity index is 371. The average molecular weight is 224 g/mol. The maximum Gasteiger partial charge on any atom is 0.168 e. The lowest BCUT2D eigenvalue weighted by Gasteiger charge is -2.08. The molecule has 0 unspecified atom stereocenters. The molecule has 0 saturated heterocycles. The highest BCUT2D eigenvalue weighted by Crippen LogP contribution is 2.26. The molecule has 2 rings (SSSR count). The fourth-order valence-electron chi connectivity index (χ4n) is 1.88. The van der Waals surface area contributed by atoms with E-state index in [4.69, 9.17) is 0 Å². The van der Waals surface area contributed by atoms with Gasteiger partial charge in [0, 0.05) is 24.3 Å². The molecule has 1 aliphatic rings. The van der Waals surface area contributed by atoms with Crippen LogP contribution < -0.4 is 0 Å². The zero-order valence-electron chi connectivity index (χ0n) is 9.19. The average Bonchev–Trinajstić information content (AvgIpc) is 2.53. The lowest BCUT2D eigenvalue weighted by Crippen LogP contribution is -2.09. The Morgan fingerprint density at radius 1 is 1.60 bits per heavy atom. The quantitative estimate of drug-likeness (QED) is 0.738. The molecule has 4 heteroatoms. The summed E-state index contributed by atoms with van der Waals surface area (Å²) in [5.41, 5.74) is 3.10. The standard InChI is InChI=1S/C11H16N2OS/c1-8(2)5-13-11(6-14)9-7-15-4-3-10(9)12-13/h6,8H,3-5,7H2,1-2H3. The van der Waals surface area contributed by atoms with Gasteiger partial charge in [0.05, 0.1) is 5.69 Å². The van der Waals surface area contributed by atoms with Gasteiger partial charge in [-0.2, -0.15) is 16.9 Å². The van der Waals surface area contributed by atoms with Crippen LogP contribution in [0.1, 0.15) is 35.6 Å². The van der Waals surface area contributed by atoms with Crippen LogP contribution in [0.4, 0.5) is 0 Å². The van der Waals surface area contributed by atoms with Gasteiger partial charge in [0.1, 0.15) is 5.69 Å². The summed E-state index contributed by atoms with van der Waals surface area (Å²) in [6.45, 7) is 5.12. The molecule has 0 saturated carbocycles. The highest BCUT2D eigenvalue weighted by molar-refractivity contribution is 7.98. The Morgan fingerprint density at radius 2 is 2.40 bits per heavy atom. The van der Waals surface area contributed by atoms with Crippen LogP contribution in [0, 0.1) is 5.92 Å². The monoisotopic (exact) mass is 224 g/mol. The molecule has 1 aliphatic heterocycles. The Hall–Kier alpha value is -0.770. The zero-order chi connectivity index (χ0) is 10.8. The maximum absolute atomic E-state index is 11.1. The van der Waals surface area contributed by atoms with E-state index in [1.54, 1.807) is 0 Å². The second-order valence-electron chi connectivity index (χ2n) is 4.31. The van der Waals surface area contributed by atoms with E-state index in [-0.39, 0.29) is 0 Å². The van der Waals surface area contributed by atoms with Gasteiger partial charge in [0.25, 0.3) is 0 Å². The van der Waals surface area contributed by atoms with Gasteiger partial charge in [0.15, 0.2) is 6.29 Å². The van der Waals surface area contributed by atoms with Gasteiger partial charge in [-0.25, -0.2) is 0 Å². The summed E-state index contributed by atoms with van der Waals surface area (Å²) in [5, 5.41) is 4.53. The first kappa shape index (κ1) is 10.7. The smallest absolute Gasteiger partial charge is 0.168 e. The summed E-state index contributed by atoms with van der Waals surface area (Å²) in [6.07, 6.45) is 1.96. The van der Waals surface area contributed by atoms with Gasteiger partial charge in [-0.3, -0.25) is 9.48 Å². The highest BCUT2D eigenvalue weighted by atomic mass is 32.2. The second-order valence-corrected chi connectivity index (χ2v) is 5.41. The van der Waals surface area contributed by atoms with Crippen molar-refractivity contribution in [3.05, 3.63) is 17.0 Å². The van der Waals surface area contributed by atoms with Gasteiger partial charge < -0.3 is 0 Å². The summed E-state index contributed by atoms with van der Waals surface area (Å²) in [4.78, 5) is 11.1. The minimum atomic E-state index is 0.526. The molecule has 0 amide bonds. The van der Waals surface area contributed by atoms with E-state index in [2.05, 4.69) is 18.9 Å². The molecule has 0 N–H and O–H groups in total. The molecule has 0 bridgehead atoms. The van der Waals surface area contributed by atoms with E-state index in [1.807, 2.05) is 16.4 Å². The predicted octanol–water partition coefficient (Wildman–Crippen LogP) is 2.14. The van der Waals surface area contributed by atoms with E-state index in [0.717, 1.165) is 42.1 Å². The van der Waals surface area contributed by atoms with E-state index in [1.165, 1.54) is 5.56 Å². The minimum Gasteiger partial charge on any atom is -0.296 e. The first-order chi connectivity index (χ1) is 7.22. The van der Waals surface area contributed by atoms with Crippen LogP contribution in [-0.4, -0.2) is 21.8 Å². The molecule has 15 heavy (non-hydrogen) atoms. The summed E-state index contributed by atoms with van der Waals surface area (Å²) >= 11 is 1.89. The molecule has 82 valence electrons. The number of aromatic nitrogens is 2. The van der Waals surface area contributed by atoms with Crippen molar-refractivity contribution in [3.63, 3.8) is 0 Å². The van der Waals surface area contributed by atoms with Crippen molar-refractivity contribution >= 4 is 18.0 Å². The first-order valence-corrected chi connectivity index (χ1v) is 6.49. The molecule has 0 fully saturated rings. The van der Waals surface area contributed by atoms with E-state index >= 15 is 0 Å². The molecule has 0 radical (unpaired) electrons. The van der Waals surface area contributed by atoms with Crippen molar-refractivity contribution in [1.82, 2.24) is 9.78 Å². The molecule has 0 spiro atoms. The minimum absolute atomic E-state index is 0.526. The number of carbonyl (C=O) groups is 1. The van der Waals surface area contributed by atoms with Crippen molar-refractivity contribution in [2.24, 2.45) is 5.92 Å². The number of fused-ring (bicyclic) bond motifs is 1. The van der Waals surface area contributed by atoms with Crippen LogP contribution in [0.2, 0.25) is 0 Å². The maximum atomic E-state index is 11.1. The number of nitrogens with zero attached hydrogens (tertiary/aromatic N) is 2. The van der Waals surface area contributed by atoms with Gasteiger partial charge in [0.2, 0.25) is 0 Å². The van der Waals surface area contributed by atoms with Gasteiger partial charge in [-0.05, 0) is 11.7 Å². The van der Waals surface area contributed by atoms with Gasteiger partial charge in [-0.15, -0.1) is 0 Å². The van der Waals surface area contributed by atoms with Crippen LogP contribution in [0.15, 0.2) is 0 Å². The Balaban J connectivity index is 2.37. The van der Waals surface area contributed by atoms with Crippen molar-refractivity contribution in [2.75, 3.05) is 5.75 Å². The van der Waals surface area contributed by atoms with E-state index < -0.39 is 0 Å². The lowest BCUT2D eigenvalue weighted by atomic mass is 10.1. The third-order valence-corrected chi connectivity index (χ3v) is 3.54. The Labute approximate surface area is 94.2 Å². The summed E-state index contributed by atoms with van der Waals surface area (Å²) in [6, 6.07) is 0. The van der Waals surface area contributed by atoms with Crippen LogP contribution in [0.5, 0.6) is 0 Å². The van der Waals surface area contributed by atoms with E-state index in [9.17, 15) is 4.79 Å². The number of rotatable bonds is 3. The third-order valence-electron chi connectivity index (χ3n) is 2.56. The molecule has 3 nitrogen and oxygen atoms in total. The molecule has 0 aliphatic carbocycles. The highest BCUT2D eigenvalue weighted by Gasteiger charge is 2.20. The lowest BCUT2D eigenvalue weighted by molar-refractivity contribution is 0.111. The topological polar surface area (TPSA) is 34.9 Å². The number of hydrogen-bond acceptors (Lipinski definition) is 3. The molecule has 1 aromatic rings. The molecule has 0 aromatic carbocycles. The number of carbonyl (C=O) groups excluding carboxylic acids is 1. The van der Waals surface area contributed by atoms with Gasteiger partial charge in [-0.1, -0.05) is 13.8 Å². The van der Waals surface area contributed by atoms with Crippen LogP contribution in [-0.2, 0) is 18.7 Å². The normalized spacial score (nSPS) is 15.4. The number of thioether (sulfide) groups is 1. The summed E-state index contributed by atoms with van der Waals surface area (Å²) in [7, 11) is 0. The second kappa shape index (κ2) is 4.39. The molecule has 2 heterocycles. The van der Waals surface area contributed by atoms with Crippen molar-refractivity contribution < 1.29 is 4.79 Å². The molecular formula is C11H16N2OS.